The van der Waals surface area contributed by atoms with E-state index in [1.807, 2.05) is 11.9 Å². The third-order valence-electron chi connectivity index (χ3n) is 3.88. The molecule has 1 fully saturated rings. The highest BCUT2D eigenvalue weighted by Crippen LogP contribution is 2.16. The second-order valence-corrected chi connectivity index (χ2v) is 5.37. The lowest BCUT2D eigenvalue weighted by molar-refractivity contribution is -0.132. The SMILES string of the molecule is CN(C(=O)CCCOc1ccccc1F)C1CCNCC1. The molecular weight excluding hydrogens is 271 g/mol. The Morgan fingerprint density at radius 3 is 2.81 bits per heavy atom. The molecule has 0 aromatic heterocycles. The first-order valence-corrected chi connectivity index (χ1v) is 7.52. The van der Waals surface area contributed by atoms with Gasteiger partial charge in [0.05, 0.1) is 6.61 Å². The summed E-state index contributed by atoms with van der Waals surface area (Å²) in [6.45, 7) is 2.30. The fourth-order valence-electron chi connectivity index (χ4n) is 2.54. The van der Waals surface area contributed by atoms with Crippen molar-refractivity contribution in [3.63, 3.8) is 0 Å². The van der Waals surface area contributed by atoms with Gasteiger partial charge in [-0.3, -0.25) is 4.79 Å². The lowest BCUT2D eigenvalue weighted by Crippen LogP contribution is -2.43. The summed E-state index contributed by atoms with van der Waals surface area (Å²) in [5, 5.41) is 3.29. The molecule has 0 unspecified atom stereocenters. The minimum Gasteiger partial charge on any atom is -0.491 e. The van der Waals surface area contributed by atoms with Crippen molar-refractivity contribution in [1.29, 1.82) is 0 Å². The number of halogens is 1. The molecule has 0 radical (unpaired) electrons. The van der Waals surface area contributed by atoms with Gasteiger partial charge in [0.1, 0.15) is 0 Å². The number of para-hydroxylation sites is 1. The van der Waals surface area contributed by atoms with E-state index in [2.05, 4.69) is 5.32 Å². The van der Waals surface area contributed by atoms with Crippen LogP contribution < -0.4 is 10.1 Å². The first-order valence-electron chi connectivity index (χ1n) is 7.52. The number of hydrogen-bond acceptors (Lipinski definition) is 3. The molecule has 5 heteroatoms. The zero-order valence-electron chi connectivity index (χ0n) is 12.5. The molecule has 0 spiro atoms. The van der Waals surface area contributed by atoms with E-state index in [1.165, 1.54) is 6.07 Å². The van der Waals surface area contributed by atoms with Crippen molar-refractivity contribution >= 4 is 5.91 Å². The molecule has 1 aromatic rings. The van der Waals surface area contributed by atoms with Crippen LogP contribution >= 0.6 is 0 Å². The van der Waals surface area contributed by atoms with Gasteiger partial charge in [0, 0.05) is 19.5 Å². The largest absolute Gasteiger partial charge is 0.491 e. The van der Waals surface area contributed by atoms with E-state index in [4.69, 9.17) is 4.74 Å². The summed E-state index contributed by atoms with van der Waals surface area (Å²) in [4.78, 5) is 13.9. The minimum absolute atomic E-state index is 0.138. The average Bonchev–Trinajstić information content (AvgIpc) is 2.53. The Labute approximate surface area is 125 Å². The Morgan fingerprint density at radius 1 is 1.38 bits per heavy atom. The van der Waals surface area contributed by atoms with Gasteiger partial charge >= 0.3 is 0 Å². The number of nitrogens with zero attached hydrogens (tertiary/aromatic N) is 1. The molecular formula is C16H23FN2O2. The number of rotatable bonds is 6. The Bertz CT molecular complexity index is 461. The number of piperidine rings is 1. The van der Waals surface area contributed by atoms with Gasteiger partial charge in [0.2, 0.25) is 5.91 Å². The van der Waals surface area contributed by atoms with E-state index in [1.54, 1.807) is 18.2 Å². The highest BCUT2D eigenvalue weighted by Gasteiger charge is 2.21. The summed E-state index contributed by atoms with van der Waals surface area (Å²) in [6, 6.07) is 6.66. The number of ether oxygens (including phenoxy) is 1. The van der Waals surface area contributed by atoms with E-state index in [0.717, 1.165) is 25.9 Å². The van der Waals surface area contributed by atoms with Crippen LogP contribution in [0.4, 0.5) is 4.39 Å². The van der Waals surface area contributed by atoms with Crippen molar-refractivity contribution in [2.75, 3.05) is 26.7 Å². The van der Waals surface area contributed by atoms with Crippen LogP contribution in [-0.2, 0) is 4.79 Å². The van der Waals surface area contributed by atoms with Crippen LogP contribution in [0, 0.1) is 5.82 Å². The smallest absolute Gasteiger partial charge is 0.222 e. The molecule has 4 nitrogen and oxygen atoms in total. The molecule has 1 aliphatic heterocycles. The van der Waals surface area contributed by atoms with Crippen LogP contribution in [0.5, 0.6) is 5.75 Å². The number of amides is 1. The van der Waals surface area contributed by atoms with Gasteiger partial charge in [-0.05, 0) is 44.5 Å². The van der Waals surface area contributed by atoms with Crippen molar-refractivity contribution in [3.8, 4) is 5.75 Å². The Morgan fingerprint density at radius 2 is 2.10 bits per heavy atom. The number of benzene rings is 1. The Hall–Kier alpha value is -1.62. The number of carbonyl (C=O) groups is 1. The van der Waals surface area contributed by atoms with Crippen LogP contribution in [0.15, 0.2) is 24.3 Å². The van der Waals surface area contributed by atoms with E-state index in [-0.39, 0.29) is 17.5 Å². The normalized spacial score (nSPS) is 15.7. The Balaban J connectivity index is 1.68. The van der Waals surface area contributed by atoms with Gasteiger partial charge in [0.25, 0.3) is 0 Å². The summed E-state index contributed by atoms with van der Waals surface area (Å²) < 4.78 is 18.7. The van der Waals surface area contributed by atoms with Gasteiger partial charge in [-0.25, -0.2) is 4.39 Å². The molecule has 1 saturated heterocycles. The molecule has 1 N–H and O–H groups in total. The second kappa shape index (κ2) is 7.98. The van der Waals surface area contributed by atoms with Gasteiger partial charge in [-0.2, -0.15) is 0 Å². The van der Waals surface area contributed by atoms with E-state index in [9.17, 15) is 9.18 Å². The van der Waals surface area contributed by atoms with Crippen molar-refractivity contribution in [1.82, 2.24) is 10.2 Å². The predicted molar refractivity (Wildman–Crippen MR) is 79.8 cm³/mol. The topological polar surface area (TPSA) is 41.6 Å². The Kier molecular flexibility index (Phi) is 5.99. The minimum atomic E-state index is -0.365. The lowest BCUT2D eigenvalue weighted by Gasteiger charge is -2.31. The number of carbonyl (C=O) groups excluding carboxylic acids is 1. The molecule has 1 amide bonds. The third kappa shape index (κ3) is 4.70. The van der Waals surface area contributed by atoms with Crippen molar-refractivity contribution in [2.24, 2.45) is 0 Å². The highest BCUT2D eigenvalue weighted by molar-refractivity contribution is 5.76. The number of nitrogens with one attached hydrogen (secondary N) is 1. The van der Waals surface area contributed by atoms with Crippen LogP contribution in [0.2, 0.25) is 0 Å². The highest BCUT2D eigenvalue weighted by atomic mass is 19.1. The van der Waals surface area contributed by atoms with Gasteiger partial charge in [0.15, 0.2) is 11.6 Å². The van der Waals surface area contributed by atoms with Crippen molar-refractivity contribution < 1.29 is 13.9 Å². The molecule has 21 heavy (non-hydrogen) atoms. The molecule has 0 aliphatic carbocycles. The molecule has 2 rings (SSSR count). The standard InChI is InChI=1S/C16H23FN2O2/c1-19(13-8-10-18-11-9-13)16(20)7-4-12-21-15-6-3-2-5-14(15)17/h2-3,5-6,13,18H,4,7-12H2,1H3. The van der Waals surface area contributed by atoms with E-state index < -0.39 is 0 Å². The first-order chi connectivity index (χ1) is 10.2. The van der Waals surface area contributed by atoms with Crippen molar-refractivity contribution in [2.45, 2.75) is 31.7 Å². The lowest BCUT2D eigenvalue weighted by atomic mass is 10.0. The van der Waals surface area contributed by atoms with Gasteiger partial charge in [-0.15, -0.1) is 0 Å². The molecule has 0 atom stereocenters. The van der Waals surface area contributed by atoms with Gasteiger partial charge < -0.3 is 15.0 Å². The van der Waals surface area contributed by atoms with E-state index >= 15 is 0 Å². The van der Waals surface area contributed by atoms with Crippen LogP contribution in [0.25, 0.3) is 0 Å². The fourth-order valence-corrected chi connectivity index (χ4v) is 2.54. The molecule has 0 saturated carbocycles. The molecule has 1 heterocycles. The monoisotopic (exact) mass is 294 g/mol. The molecule has 0 bridgehead atoms. The second-order valence-electron chi connectivity index (χ2n) is 5.37. The summed E-state index contributed by atoms with van der Waals surface area (Å²) in [5.41, 5.74) is 0. The summed E-state index contributed by atoms with van der Waals surface area (Å²) in [7, 11) is 1.87. The predicted octanol–water partition coefficient (Wildman–Crippen LogP) is 2.20. The number of hydrogen-bond donors (Lipinski definition) is 1. The maximum atomic E-state index is 13.3. The maximum absolute atomic E-state index is 13.3. The molecule has 116 valence electrons. The zero-order chi connectivity index (χ0) is 15.1. The summed E-state index contributed by atoms with van der Waals surface area (Å²) in [6.07, 6.45) is 3.05. The zero-order valence-corrected chi connectivity index (χ0v) is 12.5. The first kappa shape index (κ1) is 15.8. The van der Waals surface area contributed by atoms with Crippen molar-refractivity contribution in [3.05, 3.63) is 30.1 Å². The fraction of sp³-hybridized carbons (Fsp3) is 0.562. The quantitative estimate of drug-likeness (QED) is 0.818. The summed E-state index contributed by atoms with van der Waals surface area (Å²) in [5.74, 6) is 0.0198. The third-order valence-corrected chi connectivity index (χ3v) is 3.88. The maximum Gasteiger partial charge on any atom is 0.222 e. The molecule has 1 aliphatic rings. The van der Waals surface area contributed by atoms with Crippen LogP contribution in [0.3, 0.4) is 0 Å². The van der Waals surface area contributed by atoms with E-state index in [0.29, 0.717) is 25.5 Å². The summed E-state index contributed by atoms with van der Waals surface area (Å²) >= 11 is 0. The average molecular weight is 294 g/mol. The van der Waals surface area contributed by atoms with Gasteiger partial charge in [-0.1, -0.05) is 12.1 Å². The van der Waals surface area contributed by atoms with Crippen LogP contribution in [-0.4, -0.2) is 43.6 Å². The molecule has 1 aromatic carbocycles. The van der Waals surface area contributed by atoms with Crippen LogP contribution in [0.1, 0.15) is 25.7 Å².